The number of halogens is 1. The van der Waals surface area contributed by atoms with E-state index in [1.54, 1.807) is 6.92 Å². The van der Waals surface area contributed by atoms with E-state index in [1.165, 1.54) is 6.07 Å². The van der Waals surface area contributed by atoms with Gasteiger partial charge < -0.3 is 15.5 Å². The molecule has 0 radical (unpaired) electrons. The highest BCUT2D eigenvalue weighted by atomic mass is 19.1. The second kappa shape index (κ2) is 8.10. The van der Waals surface area contributed by atoms with Crippen molar-refractivity contribution in [3.8, 4) is 0 Å². The second-order valence-electron chi connectivity index (χ2n) is 5.12. The molecule has 20 heavy (non-hydrogen) atoms. The third kappa shape index (κ3) is 4.37. The molecule has 4 heteroatoms. The molecule has 0 fully saturated rings. The SMILES string of the molecule is CCN(CC)CCCN(CC)c1cc(C)c(F)cc1N. The van der Waals surface area contributed by atoms with E-state index in [1.807, 2.05) is 6.07 Å². The van der Waals surface area contributed by atoms with Gasteiger partial charge in [0.25, 0.3) is 0 Å². The highest BCUT2D eigenvalue weighted by Crippen LogP contribution is 2.26. The van der Waals surface area contributed by atoms with Crippen molar-refractivity contribution in [1.29, 1.82) is 0 Å². The molecule has 0 spiro atoms. The van der Waals surface area contributed by atoms with Gasteiger partial charge in [-0.05, 0) is 57.6 Å². The highest BCUT2D eigenvalue weighted by molar-refractivity contribution is 5.68. The average Bonchev–Trinajstić information content (AvgIpc) is 2.44. The molecule has 0 aliphatic rings. The largest absolute Gasteiger partial charge is 0.397 e. The van der Waals surface area contributed by atoms with Crippen LogP contribution in [0.1, 0.15) is 32.8 Å². The molecular weight excluding hydrogens is 253 g/mol. The number of hydrogen-bond acceptors (Lipinski definition) is 3. The van der Waals surface area contributed by atoms with Crippen molar-refractivity contribution in [3.63, 3.8) is 0 Å². The summed E-state index contributed by atoms with van der Waals surface area (Å²) in [5, 5.41) is 0. The van der Waals surface area contributed by atoms with E-state index in [9.17, 15) is 4.39 Å². The smallest absolute Gasteiger partial charge is 0.128 e. The van der Waals surface area contributed by atoms with Crippen LogP contribution in [0.4, 0.5) is 15.8 Å². The molecule has 3 nitrogen and oxygen atoms in total. The van der Waals surface area contributed by atoms with Gasteiger partial charge >= 0.3 is 0 Å². The lowest BCUT2D eigenvalue weighted by atomic mass is 10.1. The predicted molar refractivity (Wildman–Crippen MR) is 85.8 cm³/mol. The van der Waals surface area contributed by atoms with Gasteiger partial charge in [-0.3, -0.25) is 0 Å². The number of rotatable bonds is 8. The summed E-state index contributed by atoms with van der Waals surface area (Å²) in [6, 6.07) is 3.28. The maximum Gasteiger partial charge on any atom is 0.128 e. The number of aryl methyl sites for hydroxylation is 1. The first-order chi connectivity index (χ1) is 9.53. The average molecular weight is 281 g/mol. The summed E-state index contributed by atoms with van der Waals surface area (Å²) in [6.45, 7) is 13.3. The van der Waals surface area contributed by atoms with Gasteiger partial charge in [0.05, 0.1) is 11.4 Å². The number of nitrogens with two attached hydrogens (primary N) is 1. The van der Waals surface area contributed by atoms with Crippen LogP contribution in [-0.4, -0.2) is 37.6 Å². The zero-order chi connectivity index (χ0) is 15.1. The van der Waals surface area contributed by atoms with Crippen molar-refractivity contribution >= 4 is 11.4 Å². The number of anilines is 2. The van der Waals surface area contributed by atoms with Crippen molar-refractivity contribution in [2.75, 3.05) is 43.4 Å². The Morgan fingerprint density at radius 3 is 2.25 bits per heavy atom. The summed E-state index contributed by atoms with van der Waals surface area (Å²) in [5.74, 6) is -0.231. The lowest BCUT2D eigenvalue weighted by Gasteiger charge is -2.27. The Kier molecular flexibility index (Phi) is 6.79. The van der Waals surface area contributed by atoms with Crippen LogP contribution < -0.4 is 10.6 Å². The summed E-state index contributed by atoms with van der Waals surface area (Å²) >= 11 is 0. The van der Waals surface area contributed by atoms with Crippen LogP contribution in [0.3, 0.4) is 0 Å². The van der Waals surface area contributed by atoms with Gasteiger partial charge in [-0.25, -0.2) is 4.39 Å². The minimum absolute atomic E-state index is 0.231. The van der Waals surface area contributed by atoms with Crippen molar-refractivity contribution in [1.82, 2.24) is 4.90 Å². The van der Waals surface area contributed by atoms with Crippen molar-refractivity contribution in [3.05, 3.63) is 23.5 Å². The quantitative estimate of drug-likeness (QED) is 0.742. The normalized spacial score (nSPS) is 11.1. The Labute approximate surface area is 122 Å². The van der Waals surface area contributed by atoms with Gasteiger partial charge in [0.2, 0.25) is 0 Å². The molecule has 114 valence electrons. The van der Waals surface area contributed by atoms with Crippen LogP contribution in [0.15, 0.2) is 12.1 Å². The molecule has 1 aromatic rings. The van der Waals surface area contributed by atoms with Crippen LogP contribution >= 0.6 is 0 Å². The molecular formula is C16H28FN3. The second-order valence-corrected chi connectivity index (χ2v) is 5.12. The Bertz CT molecular complexity index is 416. The van der Waals surface area contributed by atoms with Gasteiger partial charge in [-0.2, -0.15) is 0 Å². The summed E-state index contributed by atoms with van der Waals surface area (Å²) in [4.78, 5) is 4.64. The number of nitrogen functional groups attached to an aromatic ring is 1. The molecule has 0 saturated heterocycles. The lowest BCUT2D eigenvalue weighted by molar-refractivity contribution is 0.301. The van der Waals surface area contributed by atoms with Gasteiger partial charge in [0.1, 0.15) is 5.82 Å². The summed E-state index contributed by atoms with van der Waals surface area (Å²) in [7, 11) is 0. The van der Waals surface area contributed by atoms with E-state index in [0.29, 0.717) is 11.3 Å². The zero-order valence-corrected chi connectivity index (χ0v) is 13.2. The van der Waals surface area contributed by atoms with E-state index < -0.39 is 0 Å². The third-order valence-electron chi connectivity index (χ3n) is 3.83. The Balaban J connectivity index is 2.69. The maximum atomic E-state index is 13.5. The number of benzene rings is 1. The summed E-state index contributed by atoms with van der Waals surface area (Å²) in [5.41, 5.74) is 8.08. The Morgan fingerprint density at radius 1 is 1.05 bits per heavy atom. The first-order valence-electron chi connectivity index (χ1n) is 7.56. The first kappa shape index (κ1) is 16.8. The molecule has 0 saturated carbocycles. The van der Waals surface area contributed by atoms with E-state index in [0.717, 1.165) is 44.8 Å². The van der Waals surface area contributed by atoms with Crippen LogP contribution in [0.5, 0.6) is 0 Å². The highest BCUT2D eigenvalue weighted by Gasteiger charge is 2.11. The fraction of sp³-hybridized carbons (Fsp3) is 0.625. The minimum Gasteiger partial charge on any atom is -0.397 e. The van der Waals surface area contributed by atoms with Gasteiger partial charge in [-0.1, -0.05) is 13.8 Å². The molecule has 1 rings (SSSR count). The minimum atomic E-state index is -0.231. The van der Waals surface area contributed by atoms with Crippen molar-refractivity contribution in [2.24, 2.45) is 0 Å². The molecule has 0 aliphatic carbocycles. The van der Waals surface area contributed by atoms with E-state index in [-0.39, 0.29) is 5.82 Å². The van der Waals surface area contributed by atoms with Crippen molar-refractivity contribution in [2.45, 2.75) is 34.1 Å². The first-order valence-corrected chi connectivity index (χ1v) is 7.56. The summed E-state index contributed by atoms with van der Waals surface area (Å²) < 4.78 is 13.5. The molecule has 0 bridgehead atoms. The van der Waals surface area contributed by atoms with Gasteiger partial charge in [0, 0.05) is 13.1 Å². The summed E-state index contributed by atoms with van der Waals surface area (Å²) in [6.07, 6.45) is 1.09. The van der Waals surface area contributed by atoms with E-state index in [2.05, 4.69) is 30.6 Å². The molecule has 0 aliphatic heterocycles. The van der Waals surface area contributed by atoms with Crippen LogP contribution in [-0.2, 0) is 0 Å². The van der Waals surface area contributed by atoms with Crippen molar-refractivity contribution < 1.29 is 4.39 Å². The zero-order valence-electron chi connectivity index (χ0n) is 13.2. The molecule has 0 unspecified atom stereocenters. The topological polar surface area (TPSA) is 32.5 Å². The predicted octanol–water partition coefficient (Wildman–Crippen LogP) is 3.27. The van der Waals surface area contributed by atoms with E-state index in [4.69, 9.17) is 5.73 Å². The van der Waals surface area contributed by atoms with Gasteiger partial charge in [-0.15, -0.1) is 0 Å². The Hall–Kier alpha value is -1.29. The van der Waals surface area contributed by atoms with E-state index >= 15 is 0 Å². The fourth-order valence-corrected chi connectivity index (χ4v) is 2.43. The number of hydrogen-bond donors (Lipinski definition) is 1. The Morgan fingerprint density at radius 2 is 1.70 bits per heavy atom. The van der Waals surface area contributed by atoms with Crippen LogP contribution in [0.25, 0.3) is 0 Å². The van der Waals surface area contributed by atoms with Gasteiger partial charge in [0.15, 0.2) is 0 Å². The monoisotopic (exact) mass is 281 g/mol. The molecule has 2 N–H and O–H groups in total. The maximum absolute atomic E-state index is 13.5. The fourth-order valence-electron chi connectivity index (χ4n) is 2.43. The van der Waals surface area contributed by atoms with Crippen LogP contribution in [0.2, 0.25) is 0 Å². The molecule has 0 heterocycles. The number of nitrogens with zero attached hydrogens (tertiary/aromatic N) is 2. The lowest BCUT2D eigenvalue weighted by Crippen LogP contribution is -2.30. The van der Waals surface area contributed by atoms with Crippen LogP contribution in [0, 0.1) is 12.7 Å². The molecule has 0 amide bonds. The third-order valence-corrected chi connectivity index (χ3v) is 3.83. The molecule has 1 aromatic carbocycles. The molecule has 0 atom stereocenters. The standard InChI is InChI=1S/C16H28FN3/c1-5-19(6-2)9-8-10-20(7-3)16-11-13(4)14(17)12-15(16)18/h11-12H,5-10,18H2,1-4H3. The molecule has 0 aromatic heterocycles.